The van der Waals surface area contributed by atoms with Crippen molar-refractivity contribution < 1.29 is 14.6 Å². The van der Waals surface area contributed by atoms with Crippen LogP contribution in [0.5, 0.6) is 11.5 Å². The Hall–Kier alpha value is -2.89. The number of ketones is 1. The number of halogens is 1. The Labute approximate surface area is 184 Å². The average Bonchev–Trinajstić information content (AvgIpc) is 3.04. The van der Waals surface area contributed by atoms with E-state index in [0.717, 1.165) is 16.6 Å². The quantitative estimate of drug-likeness (QED) is 0.492. The van der Waals surface area contributed by atoms with Crippen molar-refractivity contribution >= 4 is 27.8 Å². The highest BCUT2D eigenvalue weighted by molar-refractivity contribution is 9.10. The van der Waals surface area contributed by atoms with E-state index in [1.54, 1.807) is 12.1 Å². The predicted molar refractivity (Wildman–Crippen MR) is 122 cm³/mol. The molecule has 0 atom stereocenters. The summed E-state index contributed by atoms with van der Waals surface area (Å²) in [6, 6.07) is 19.4. The Morgan fingerprint density at radius 3 is 2.50 bits per heavy atom. The number of benzene rings is 3. The molecule has 5 heteroatoms. The van der Waals surface area contributed by atoms with Crippen molar-refractivity contribution in [3.63, 3.8) is 0 Å². The van der Waals surface area contributed by atoms with Gasteiger partial charge in [0.15, 0.2) is 5.76 Å². The van der Waals surface area contributed by atoms with Gasteiger partial charge in [-0.2, -0.15) is 0 Å². The fraction of sp³-hybridized carbons (Fsp3) is 0.160. The molecule has 3 aromatic carbocycles. The monoisotopic (exact) mass is 463 g/mol. The number of allylic oxidation sites excluding steroid dienone is 1. The number of nitrogens with zero attached hydrogens (tertiary/aromatic N) is 1. The van der Waals surface area contributed by atoms with Crippen LogP contribution in [0.3, 0.4) is 0 Å². The number of hydrogen-bond donors (Lipinski definition) is 1. The second-order valence-corrected chi connectivity index (χ2v) is 8.37. The molecule has 0 aliphatic carbocycles. The zero-order chi connectivity index (χ0) is 21.3. The number of ether oxygens (including phenoxy) is 1. The number of carbonyl (C=O) groups excluding carboxylic acids is 1. The van der Waals surface area contributed by atoms with E-state index in [0.29, 0.717) is 29.0 Å². The van der Waals surface area contributed by atoms with Gasteiger partial charge in [-0.05, 0) is 48.9 Å². The van der Waals surface area contributed by atoms with Crippen molar-refractivity contribution in [2.45, 2.75) is 20.0 Å². The molecule has 30 heavy (non-hydrogen) atoms. The summed E-state index contributed by atoms with van der Waals surface area (Å²) in [4.78, 5) is 15.2. The molecule has 1 aliphatic rings. The summed E-state index contributed by atoms with van der Waals surface area (Å²) in [5.41, 5.74) is 3.89. The first-order chi connectivity index (χ1) is 14.4. The lowest BCUT2D eigenvalue weighted by molar-refractivity contribution is 0.101. The molecule has 0 aromatic heterocycles. The van der Waals surface area contributed by atoms with Gasteiger partial charge in [-0.1, -0.05) is 64.5 Å². The highest BCUT2D eigenvalue weighted by Crippen LogP contribution is 2.42. The number of aromatic hydroxyl groups is 1. The number of phenols is 1. The van der Waals surface area contributed by atoms with E-state index >= 15 is 0 Å². The first kappa shape index (κ1) is 20.4. The van der Waals surface area contributed by atoms with E-state index in [1.165, 1.54) is 5.56 Å². The lowest BCUT2D eigenvalue weighted by Gasteiger charge is -2.19. The van der Waals surface area contributed by atoms with Gasteiger partial charge >= 0.3 is 0 Å². The van der Waals surface area contributed by atoms with E-state index in [9.17, 15) is 9.90 Å². The zero-order valence-electron chi connectivity index (χ0n) is 16.9. The molecular weight excluding hydrogens is 442 g/mol. The summed E-state index contributed by atoms with van der Waals surface area (Å²) in [6.07, 6.45) is 1.74. The fourth-order valence-corrected chi connectivity index (χ4v) is 4.09. The third-order valence-electron chi connectivity index (χ3n) is 5.14. The second-order valence-electron chi connectivity index (χ2n) is 7.51. The summed E-state index contributed by atoms with van der Waals surface area (Å²) in [5.74, 6) is 0.694. The van der Waals surface area contributed by atoms with Crippen molar-refractivity contribution in [3.8, 4) is 11.5 Å². The summed E-state index contributed by atoms with van der Waals surface area (Å²) < 4.78 is 6.91. The van der Waals surface area contributed by atoms with E-state index < -0.39 is 0 Å². The van der Waals surface area contributed by atoms with Crippen molar-refractivity contribution in [3.05, 3.63) is 98.7 Å². The van der Waals surface area contributed by atoms with Gasteiger partial charge < -0.3 is 9.84 Å². The maximum Gasteiger partial charge on any atom is 0.232 e. The van der Waals surface area contributed by atoms with Crippen molar-refractivity contribution in [1.29, 1.82) is 0 Å². The van der Waals surface area contributed by atoms with Gasteiger partial charge in [0.2, 0.25) is 5.78 Å². The maximum atomic E-state index is 13.1. The minimum absolute atomic E-state index is 0.140. The van der Waals surface area contributed by atoms with Crippen LogP contribution >= 0.6 is 15.9 Å². The van der Waals surface area contributed by atoms with E-state index in [1.807, 2.05) is 56.4 Å². The number of phenolic OH excluding ortho intramolecular Hbond substituents is 1. The van der Waals surface area contributed by atoms with Crippen LogP contribution in [0.15, 0.2) is 70.9 Å². The molecule has 1 aliphatic heterocycles. The summed E-state index contributed by atoms with van der Waals surface area (Å²) in [6.45, 7) is 2.99. The first-order valence-corrected chi connectivity index (χ1v) is 10.5. The number of aryl methyl sites for hydroxylation is 1. The van der Waals surface area contributed by atoms with E-state index in [2.05, 4.69) is 33.0 Å². The smallest absolute Gasteiger partial charge is 0.232 e. The zero-order valence-corrected chi connectivity index (χ0v) is 18.4. The second kappa shape index (κ2) is 8.46. The fourth-order valence-electron chi connectivity index (χ4n) is 3.69. The van der Waals surface area contributed by atoms with Gasteiger partial charge in [0.25, 0.3) is 0 Å². The summed E-state index contributed by atoms with van der Waals surface area (Å²) in [5, 5.41) is 10.6. The normalized spacial score (nSPS) is 14.3. The molecule has 0 unspecified atom stereocenters. The Morgan fingerprint density at radius 2 is 1.77 bits per heavy atom. The molecule has 1 N–H and O–H groups in total. The molecule has 3 aromatic rings. The van der Waals surface area contributed by atoms with Gasteiger partial charge in [0.05, 0.1) is 11.1 Å². The van der Waals surface area contributed by atoms with Crippen LogP contribution < -0.4 is 4.74 Å². The number of Topliss-reactive ketones (excluding diaryl/α,β-unsaturated/α-hetero) is 1. The highest BCUT2D eigenvalue weighted by atomic mass is 79.9. The molecule has 0 spiro atoms. The Bertz CT molecular complexity index is 1140. The SMILES string of the molecule is Cc1cc(O)c(CN(C)Cc2ccccc2)c2c1C(=O)/C(=C/c1ccccc1Br)O2. The number of carbonyl (C=O) groups is 1. The number of fused-ring (bicyclic) bond motifs is 1. The highest BCUT2D eigenvalue weighted by Gasteiger charge is 2.33. The molecular formula is C25H22BrNO3. The van der Waals surface area contributed by atoms with E-state index in [-0.39, 0.29) is 17.3 Å². The summed E-state index contributed by atoms with van der Waals surface area (Å²) in [7, 11) is 1.98. The van der Waals surface area contributed by atoms with Crippen LogP contribution in [0.2, 0.25) is 0 Å². The molecule has 0 saturated heterocycles. The average molecular weight is 464 g/mol. The molecule has 0 radical (unpaired) electrons. The lowest BCUT2D eigenvalue weighted by atomic mass is 9.99. The molecule has 0 amide bonds. The summed E-state index contributed by atoms with van der Waals surface area (Å²) >= 11 is 3.51. The standard InChI is InChI=1S/C25H22BrNO3/c1-16-12-21(28)19(15-27(2)14-17-8-4-3-5-9-17)25-23(16)24(29)22(30-25)13-18-10-6-7-11-20(18)26/h3-13,28H,14-15H2,1-2H3/b22-13-. The Kier molecular flexibility index (Phi) is 5.75. The molecule has 0 saturated carbocycles. The van der Waals surface area contributed by atoms with Crippen molar-refractivity contribution in [1.82, 2.24) is 4.90 Å². The van der Waals surface area contributed by atoms with Gasteiger partial charge in [0, 0.05) is 17.6 Å². The van der Waals surface area contributed by atoms with Gasteiger partial charge in [-0.25, -0.2) is 0 Å². The van der Waals surface area contributed by atoms with E-state index in [4.69, 9.17) is 4.74 Å². The van der Waals surface area contributed by atoms with Crippen LogP contribution in [-0.4, -0.2) is 22.8 Å². The Morgan fingerprint density at radius 1 is 1.07 bits per heavy atom. The molecule has 1 heterocycles. The van der Waals surface area contributed by atoms with Crippen LogP contribution in [-0.2, 0) is 13.1 Å². The van der Waals surface area contributed by atoms with Crippen LogP contribution in [0, 0.1) is 6.92 Å². The first-order valence-electron chi connectivity index (χ1n) is 9.70. The number of hydrogen-bond acceptors (Lipinski definition) is 4. The molecule has 0 fully saturated rings. The van der Waals surface area contributed by atoms with Crippen molar-refractivity contribution in [2.75, 3.05) is 7.05 Å². The third-order valence-corrected chi connectivity index (χ3v) is 5.86. The molecule has 0 bridgehead atoms. The molecule has 152 valence electrons. The minimum Gasteiger partial charge on any atom is -0.507 e. The molecule has 4 nitrogen and oxygen atoms in total. The predicted octanol–water partition coefficient (Wildman–Crippen LogP) is 5.71. The maximum absolute atomic E-state index is 13.1. The Balaban J connectivity index is 1.66. The molecule has 4 rings (SSSR count). The third kappa shape index (κ3) is 4.04. The minimum atomic E-state index is -0.162. The lowest BCUT2D eigenvalue weighted by Crippen LogP contribution is -2.17. The van der Waals surface area contributed by atoms with Gasteiger partial charge in [-0.3, -0.25) is 9.69 Å². The van der Waals surface area contributed by atoms with Gasteiger partial charge in [-0.15, -0.1) is 0 Å². The topological polar surface area (TPSA) is 49.8 Å². The van der Waals surface area contributed by atoms with Crippen LogP contribution in [0.1, 0.15) is 32.6 Å². The van der Waals surface area contributed by atoms with Crippen LogP contribution in [0.25, 0.3) is 6.08 Å². The van der Waals surface area contributed by atoms with Crippen molar-refractivity contribution in [2.24, 2.45) is 0 Å². The van der Waals surface area contributed by atoms with Gasteiger partial charge in [0.1, 0.15) is 11.5 Å². The van der Waals surface area contributed by atoms with Crippen LogP contribution in [0.4, 0.5) is 0 Å². The largest absolute Gasteiger partial charge is 0.507 e. The number of rotatable bonds is 5.